The average molecular weight is 562 g/mol. The van der Waals surface area contributed by atoms with Crippen molar-refractivity contribution >= 4 is 13.2 Å². The van der Waals surface area contributed by atoms with Crippen LogP contribution in [0.25, 0.3) is 11.1 Å². The minimum Gasteiger partial charge on any atom is -0.379 e. The van der Waals surface area contributed by atoms with E-state index in [-0.39, 0.29) is 49.2 Å². The number of nitrogens with zero attached hydrogens (tertiary/aromatic N) is 1. The molecule has 0 spiro atoms. The Kier molecular flexibility index (Phi) is 10.6. The number of morpholine rings is 1. The molecule has 0 bridgehead atoms. The summed E-state index contributed by atoms with van der Waals surface area (Å²) in [5.41, 5.74) is 1.16. The third kappa shape index (κ3) is 7.92. The first-order chi connectivity index (χ1) is 18.8. The van der Waals surface area contributed by atoms with Gasteiger partial charge in [-0.15, -0.1) is 0 Å². The number of ketones is 1. The highest BCUT2D eigenvalue weighted by Crippen LogP contribution is 2.40. The van der Waals surface area contributed by atoms with Crippen LogP contribution in [0.4, 0.5) is 8.78 Å². The van der Waals surface area contributed by atoms with E-state index < -0.39 is 19.0 Å². The summed E-state index contributed by atoms with van der Waals surface area (Å²) in [7, 11) is -3.04. The van der Waals surface area contributed by atoms with Gasteiger partial charge in [-0.25, -0.2) is 8.78 Å². The molecule has 4 rings (SSSR count). The van der Waals surface area contributed by atoms with Gasteiger partial charge in [-0.05, 0) is 37.0 Å². The number of halogens is 2. The lowest BCUT2D eigenvalue weighted by Gasteiger charge is -2.35. The van der Waals surface area contributed by atoms with Gasteiger partial charge in [0.25, 0.3) is 0 Å². The smallest absolute Gasteiger partial charge is 0.200 e. The number of rotatable bonds is 12. The van der Waals surface area contributed by atoms with Crippen LogP contribution in [0.1, 0.15) is 38.2 Å². The first kappa shape index (κ1) is 29.8. The van der Waals surface area contributed by atoms with E-state index in [0.29, 0.717) is 62.3 Å². The molecule has 1 heterocycles. The molecule has 6 nitrogen and oxygen atoms in total. The average Bonchev–Trinajstić information content (AvgIpc) is 3.25. The van der Waals surface area contributed by atoms with Crippen molar-refractivity contribution in [2.45, 2.75) is 51.4 Å². The fourth-order valence-electron chi connectivity index (χ4n) is 5.45. The molecule has 1 aliphatic heterocycles. The Morgan fingerprint density at radius 1 is 1.10 bits per heavy atom. The van der Waals surface area contributed by atoms with Gasteiger partial charge in [0, 0.05) is 48.9 Å². The Labute approximate surface area is 229 Å². The first-order valence-corrected chi connectivity index (χ1v) is 15.8. The Morgan fingerprint density at radius 3 is 2.56 bits per heavy atom. The molecule has 1 saturated heterocycles. The second-order valence-corrected chi connectivity index (χ2v) is 13.1. The fourth-order valence-corrected chi connectivity index (χ4v) is 6.32. The number of allylic oxidation sites excluding steroid dienone is 2. The summed E-state index contributed by atoms with van der Waals surface area (Å²) in [5.74, 6) is -0.805. The molecule has 212 valence electrons. The molecule has 4 atom stereocenters. The van der Waals surface area contributed by atoms with E-state index in [1.165, 1.54) is 12.1 Å². The summed E-state index contributed by atoms with van der Waals surface area (Å²) in [6, 6.07) is 10.6. The van der Waals surface area contributed by atoms with E-state index in [4.69, 9.17) is 9.47 Å². The molecule has 0 radical (unpaired) electrons. The molecule has 1 aliphatic carbocycles. The molecule has 1 N–H and O–H groups in total. The molecule has 9 heteroatoms. The number of hydrogen-bond acceptors (Lipinski definition) is 5. The number of carbonyl (C=O) groups excluding carboxylic acids is 1. The van der Waals surface area contributed by atoms with Crippen LogP contribution in [0.15, 0.2) is 54.6 Å². The van der Waals surface area contributed by atoms with Crippen LogP contribution in [-0.2, 0) is 25.4 Å². The van der Waals surface area contributed by atoms with Crippen LogP contribution in [0.3, 0.4) is 0 Å². The summed E-state index contributed by atoms with van der Waals surface area (Å²) in [5, 5.41) is 0. The van der Waals surface area contributed by atoms with Gasteiger partial charge in [-0.3, -0.25) is 14.3 Å². The maximum Gasteiger partial charge on any atom is 0.200 e. The van der Waals surface area contributed by atoms with Crippen molar-refractivity contribution in [1.82, 2.24) is 4.90 Å². The minimum atomic E-state index is -3.04. The lowest BCUT2D eigenvalue weighted by molar-refractivity contribution is -0.124. The third-order valence-corrected chi connectivity index (χ3v) is 9.66. The van der Waals surface area contributed by atoms with Crippen LogP contribution in [0, 0.1) is 17.6 Å². The number of benzene rings is 2. The van der Waals surface area contributed by atoms with Gasteiger partial charge in [0.1, 0.15) is 11.6 Å². The minimum absolute atomic E-state index is 0.0201. The van der Waals surface area contributed by atoms with E-state index in [9.17, 15) is 23.0 Å². The zero-order valence-electron chi connectivity index (χ0n) is 22.4. The molecule has 2 aromatic carbocycles. The standard InChI is InChI=1S/C30H38F2NO5P/c1-2-39(35,36)18-8-4-3-5-10-25-29(20-28(34)30(25)33-14-16-37-17-15-33)38-21-23-13-12-22(19-27(23)32)24-9-6-7-11-26(24)31/h3-4,6-7,9,11-13,19,25,29-30H,2,5,8,10,14-18,20-21H2,1H3,(H,35,36)/b4-3+. The summed E-state index contributed by atoms with van der Waals surface area (Å²) in [6.45, 7) is 4.28. The Bertz CT molecular complexity index is 1200. The van der Waals surface area contributed by atoms with Crippen LogP contribution in [0.5, 0.6) is 0 Å². The second kappa shape index (κ2) is 13.9. The lowest BCUT2D eigenvalue weighted by atomic mass is 9.93. The van der Waals surface area contributed by atoms with Crippen molar-refractivity contribution in [2.75, 3.05) is 38.6 Å². The van der Waals surface area contributed by atoms with Crippen molar-refractivity contribution in [2.24, 2.45) is 5.92 Å². The van der Waals surface area contributed by atoms with Crippen molar-refractivity contribution in [1.29, 1.82) is 0 Å². The molecule has 39 heavy (non-hydrogen) atoms. The maximum absolute atomic E-state index is 15.0. The molecule has 0 amide bonds. The van der Waals surface area contributed by atoms with Crippen LogP contribution >= 0.6 is 7.37 Å². The summed E-state index contributed by atoms with van der Waals surface area (Å²) in [4.78, 5) is 25.1. The van der Waals surface area contributed by atoms with E-state index in [2.05, 4.69) is 4.90 Å². The number of ether oxygens (including phenoxy) is 2. The zero-order chi connectivity index (χ0) is 27.8. The third-order valence-electron chi connectivity index (χ3n) is 7.72. The SMILES string of the molecule is CCP(=O)(O)CC/C=C/CCC1C(OCc2ccc(-c3ccccc3F)cc2F)CC(=O)C1N1CCOCC1. The predicted molar refractivity (Wildman–Crippen MR) is 148 cm³/mol. The van der Waals surface area contributed by atoms with E-state index in [0.717, 1.165) is 0 Å². The molecular formula is C30H38F2NO5P. The molecule has 4 unspecified atom stereocenters. The van der Waals surface area contributed by atoms with Crippen LogP contribution in [0.2, 0.25) is 0 Å². The Hall–Kier alpha value is -2.22. The lowest BCUT2D eigenvalue weighted by Crippen LogP contribution is -2.49. The highest BCUT2D eigenvalue weighted by Gasteiger charge is 2.45. The van der Waals surface area contributed by atoms with Gasteiger partial charge in [0.15, 0.2) is 5.78 Å². The van der Waals surface area contributed by atoms with Gasteiger partial charge in [0.05, 0.1) is 32.0 Å². The highest BCUT2D eigenvalue weighted by atomic mass is 31.2. The molecule has 0 aromatic heterocycles. The molecule has 2 aromatic rings. The van der Waals surface area contributed by atoms with Crippen molar-refractivity contribution in [3.8, 4) is 11.1 Å². The maximum atomic E-state index is 15.0. The van der Waals surface area contributed by atoms with Crippen molar-refractivity contribution in [3.05, 3.63) is 71.8 Å². The summed E-state index contributed by atoms with van der Waals surface area (Å²) >= 11 is 0. The Balaban J connectivity index is 1.41. The van der Waals surface area contributed by atoms with Crippen LogP contribution in [-0.4, -0.2) is 66.3 Å². The van der Waals surface area contributed by atoms with E-state index in [1.807, 2.05) is 12.2 Å². The number of carbonyl (C=O) groups is 1. The Morgan fingerprint density at radius 2 is 1.85 bits per heavy atom. The number of hydrogen-bond donors (Lipinski definition) is 1. The summed E-state index contributed by atoms with van der Waals surface area (Å²) < 4.78 is 52.6. The van der Waals surface area contributed by atoms with E-state index in [1.54, 1.807) is 37.3 Å². The zero-order valence-corrected chi connectivity index (χ0v) is 23.3. The van der Waals surface area contributed by atoms with Gasteiger partial charge in [-0.1, -0.05) is 49.4 Å². The van der Waals surface area contributed by atoms with E-state index >= 15 is 0 Å². The molecule has 1 saturated carbocycles. The van der Waals surface area contributed by atoms with Crippen molar-refractivity contribution < 1.29 is 32.5 Å². The monoisotopic (exact) mass is 561 g/mol. The van der Waals surface area contributed by atoms with Crippen molar-refractivity contribution in [3.63, 3.8) is 0 Å². The van der Waals surface area contributed by atoms with Gasteiger partial charge < -0.3 is 14.4 Å². The predicted octanol–water partition coefficient (Wildman–Crippen LogP) is 5.82. The number of Topliss-reactive ketones (excluding diaryl/α,β-unsaturated/α-hetero) is 1. The quantitative estimate of drug-likeness (QED) is 0.260. The van der Waals surface area contributed by atoms with Gasteiger partial charge in [-0.2, -0.15) is 0 Å². The largest absolute Gasteiger partial charge is 0.379 e. The fraction of sp³-hybridized carbons (Fsp3) is 0.500. The normalized spacial score (nSPS) is 23.9. The van der Waals surface area contributed by atoms with Crippen LogP contribution < -0.4 is 0 Å². The first-order valence-electron chi connectivity index (χ1n) is 13.7. The molecule has 2 fully saturated rings. The van der Waals surface area contributed by atoms with Gasteiger partial charge in [0.2, 0.25) is 7.37 Å². The summed E-state index contributed by atoms with van der Waals surface area (Å²) in [6.07, 6.45) is 6.38. The molecular weight excluding hydrogens is 523 g/mol. The molecule has 2 aliphatic rings. The highest BCUT2D eigenvalue weighted by molar-refractivity contribution is 7.57. The topological polar surface area (TPSA) is 76.1 Å². The van der Waals surface area contributed by atoms with Gasteiger partial charge >= 0.3 is 0 Å². The second-order valence-electron chi connectivity index (χ2n) is 10.3.